The zero-order valence-corrected chi connectivity index (χ0v) is 12.5. The summed E-state index contributed by atoms with van der Waals surface area (Å²) in [7, 11) is 0. The molecule has 98 valence electrons. The first-order valence-electron chi connectivity index (χ1n) is 6.12. The molecule has 0 fully saturated rings. The summed E-state index contributed by atoms with van der Waals surface area (Å²) < 4.78 is 2.74. The Kier molecular flexibility index (Phi) is 4.32. The summed E-state index contributed by atoms with van der Waals surface area (Å²) in [6.45, 7) is 4.62. The van der Waals surface area contributed by atoms with Gasteiger partial charge >= 0.3 is 0 Å². The highest BCUT2D eigenvalue weighted by Crippen LogP contribution is 2.18. The van der Waals surface area contributed by atoms with Crippen LogP contribution in [-0.2, 0) is 6.54 Å². The molecule has 4 heteroatoms. The number of nitrogens with zero attached hydrogens (tertiary/aromatic N) is 2. The van der Waals surface area contributed by atoms with Crippen molar-refractivity contribution in [3.63, 3.8) is 0 Å². The monoisotopic (exact) mass is 318 g/mol. The van der Waals surface area contributed by atoms with Crippen LogP contribution in [0, 0.1) is 6.92 Å². The molecule has 1 aromatic carbocycles. The molecule has 0 amide bonds. The van der Waals surface area contributed by atoms with Gasteiger partial charge in [0.25, 0.3) is 0 Å². The van der Waals surface area contributed by atoms with E-state index >= 15 is 0 Å². The van der Waals surface area contributed by atoms with Crippen molar-refractivity contribution < 1.29 is 4.79 Å². The van der Waals surface area contributed by atoms with Gasteiger partial charge in [0, 0.05) is 17.2 Å². The smallest absolute Gasteiger partial charge is 0.189 e. The Bertz CT molecular complexity index is 629. The molecule has 3 nitrogen and oxygen atoms in total. The van der Waals surface area contributed by atoms with Gasteiger partial charge in [-0.1, -0.05) is 34.1 Å². The van der Waals surface area contributed by atoms with Gasteiger partial charge in [-0.15, -0.1) is 0 Å². The number of benzene rings is 1. The van der Waals surface area contributed by atoms with Gasteiger partial charge in [-0.3, -0.25) is 9.48 Å². The van der Waals surface area contributed by atoms with Crippen molar-refractivity contribution in [2.45, 2.75) is 20.4 Å². The number of allylic oxidation sites excluding steroid dienone is 1. The van der Waals surface area contributed by atoms with Gasteiger partial charge in [0.15, 0.2) is 5.78 Å². The molecule has 1 aromatic heterocycles. The van der Waals surface area contributed by atoms with Crippen LogP contribution in [0.5, 0.6) is 0 Å². The van der Waals surface area contributed by atoms with Crippen LogP contribution in [0.15, 0.2) is 41.0 Å². The summed E-state index contributed by atoms with van der Waals surface area (Å²) in [6, 6.07) is 7.79. The molecule has 2 rings (SSSR count). The molecular weight excluding hydrogens is 304 g/mol. The molecule has 0 saturated carbocycles. The van der Waals surface area contributed by atoms with Crippen LogP contribution in [0.4, 0.5) is 0 Å². The lowest BCUT2D eigenvalue weighted by atomic mass is 10.1. The van der Waals surface area contributed by atoms with Crippen molar-refractivity contribution in [3.05, 3.63) is 57.8 Å². The van der Waals surface area contributed by atoms with Gasteiger partial charge in [-0.2, -0.15) is 5.10 Å². The molecule has 0 unspecified atom stereocenters. The Balaban J connectivity index is 2.21. The fraction of sp³-hybridized carbons (Fsp3) is 0.200. The molecule has 0 radical (unpaired) electrons. The minimum absolute atomic E-state index is 0.0204. The van der Waals surface area contributed by atoms with E-state index < -0.39 is 0 Å². The number of aryl methyl sites for hydroxylation is 2. The maximum Gasteiger partial charge on any atom is 0.189 e. The maximum absolute atomic E-state index is 12.1. The first kappa shape index (κ1) is 13.7. The average Bonchev–Trinajstić information content (AvgIpc) is 2.79. The van der Waals surface area contributed by atoms with E-state index in [1.807, 2.05) is 44.2 Å². The molecule has 0 spiro atoms. The van der Waals surface area contributed by atoms with Crippen molar-refractivity contribution in [2.24, 2.45) is 0 Å². The number of carbonyl (C=O) groups excluding carboxylic acids is 1. The minimum atomic E-state index is -0.0204. The quantitative estimate of drug-likeness (QED) is 0.633. The van der Waals surface area contributed by atoms with E-state index in [1.165, 1.54) is 0 Å². The second-order valence-electron chi connectivity index (χ2n) is 4.20. The minimum Gasteiger partial charge on any atom is -0.289 e. The first-order chi connectivity index (χ1) is 9.11. The topological polar surface area (TPSA) is 34.9 Å². The number of ketones is 1. The second-order valence-corrected chi connectivity index (χ2v) is 5.06. The Morgan fingerprint density at radius 3 is 2.79 bits per heavy atom. The van der Waals surface area contributed by atoms with Crippen LogP contribution in [0.25, 0.3) is 6.08 Å². The third-order valence-corrected chi connectivity index (χ3v) is 3.58. The van der Waals surface area contributed by atoms with Gasteiger partial charge in [0.1, 0.15) is 0 Å². The van der Waals surface area contributed by atoms with Gasteiger partial charge in [-0.05, 0) is 37.6 Å². The van der Waals surface area contributed by atoms with E-state index in [0.717, 1.165) is 22.3 Å². The molecule has 0 atom stereocenters. The van der Waals surface area contributed by atoms with Crippen LogP contribution >= 0.6 is 15.9 Å². The van der Waals surface area contributed by atoms with Crippen LogP contribution < -0.4 is 0 Å². The summed E-state index contributed by atoms with van der Waals surface area (Å²) in [6.07, 6.45) is 5.20. The highest BCUT2D eigenvalue weighted by atomic mass is 79.9. The van der Waals surface area contributed by atoms with Crippen LogP contribution in [-0.4, -0.2) is 15.6 Å². The third kappa shape index (κ3) is 3.20. The summed E-state index contributed by atoms with van der Waals surface area (Å²) in [5.41, 5.74) is 2.41. The van der Waals surface area contributed by atoms with E-state index in [0.29, 0.717) is 5.56 Å². The van der Waals surface area contributed by atoms with Crippen molar-refractivity contribution in [2.75, 3.05) is 0 Å². The standard InChI is InChI=1S/C15H15BrN2O/c1-3-18-10-13(11(2)17-18)15(19)9-8-12-6-4-5-7-14(12)16/h4-10H,3H2,1-2H3/b9-8+. The van der Waals surface area contributed by atoms with Gasteiger partial charge in [0.2, 0.25) is 0 Å². The number of halogens is 1. The molecular formula is C15H15BrN2O. The number of rotatable bonds is 4. The highest BCUT2D eigenvalue weighted by molar-refractivity contribution is 9.10. The van der Waals surface area contributed by atoms with Gasteiger partial charge < -0.3 is 0 Å². The van der Waals surface area contributed by atoms with Crippen LogP contribution in [0.2, 0.25) is 0 Å². The van der Waals surface area contributed by atoms with E-state index in [9.17, 15) is 4.79 Å². The van der Waals surface area contributed by atoms with E-state index in [-0.39, 0.29) is 5.78 Å². The summed E-state index contributed by atoms with van der Waals surface area (Å²) in [4.78, 5) is 12.1. The average molecular weight is 319 g/mol. The predicted molar refractivity (Wildman–Crippen MR) is 80.1 cm³/mol. The normalized spacial score (nSPS) is 11.1. The Hall–Kier alpha value is -1.68. The fourth-order valence-corrected chi connectivity index (χ4v) is 2.20. The van der Waals surface area contributed by atoms with Gasteiger partial charge in [0.05, 0.1) is 11.3 Å². The molecule has 0 bridgehead atoms. The number of hydrogen-bond donors (Lipinski definition) is 0. The zero-order chi connectivity index (χ0) is 13.8. The molecule has 2 aromatic rings. The number of carbonyl (C=O) groups is 1. The summed E-state index contributed by atoms with van der Waals surface area (Å²) in [5, 5.41) is 4.28. The largest absolute Gasteiger partial charge is 0.289 e. The van der Waals surface area contributed by atoms with Crippen LogP contribution in [0.1, 0.15) is 28.5 Å². The fourth-order valence-electron chi connectivity index (χ4n) is 1.79. The summed E-state index contributed by atoms with van der Waals surface area (Å²) >= 11 is 3.45. The Morgan fingerprint density at radius 2 is 2.16 bits per heavy atom. The Labute approximate surface area is 121 Å². The molecule has 0 aliphatic heterocycles. The van der Waals surface area contributed by atoms with Gasteiger partial charge in [-0.25, -0.2) is 0 Å². The molecule has 0 aliphatic carbocycles. The molecule has 19 heavy (non-hydrogen) atoms. The lowest BCUT2D eigenvalue weighted by Gasteiger charge is -1.96. The van der Waals surface area contributed by atoms with Crippen molar-refractivity contribution >= 4 is 27.8 Å². The predicted octanol–water partition coefficient (Wildman–Crippen LogP) is 3.87. The Morgan fingerprint density at radius 1 is 1.42 bits per heavy atom. The molecule has 1 heterocycles. The van der Waals surface area contributed by atoms with Crippen molar-refractivity contribution in [1.29, 1.82) is 0 Å². The highest BCUT2D eigenvalue weighted by Gasteiger charge is 2.10. The van der Waals surface area contributed by atoms with Crippen molar-refractivity contribution in [3.8, 4) is 0 Å². The second kappa shape index (κ2) is 5.97. The van der Waals surface area contributed by atoms with Crippen molar-refractivity contribution in [1.82, 2.24) is 9.78 Å². The zero-order valence-electron chi connectivity index (χ0n) is 10.9. The SMILES string of the molecule is CCn1cc(C(=O)/C=C/c2ccccc2Br)c(C)n1. The molecule has 0 aliphatic rings. The summed E-state index contributed by atoms with van der Waals surface area (Å²) in [5.74, 6) is -0.0204. The van der Waals surface area contributed by atoms with E-state index in [4.69, 9.17) is 0 Å². The molecule has 0 saturated heterocycles. The first-order valence-corrected chi connectivity index (χ1v) is 6.92. The lowest BCUT2D eigenvalue weighted by Crippen LogP contribution is -1.95. The number of hydrogen-bond acceptors (Lipinski definition) is 2. The lowest BCUT2D eigenvalue weighted by molar-refractivity contribution is 0.104. The molecule has 0 N–H and O–H groups in total. The van der Waals surface area contributed by atoms with E-state index in [1.54, 1.807) is 17.0 Å². The third-order valence-electron chi connectivity index (χ3n) is 2.86. The number of aromatic nitrogens is 2. The maximum atomic E-state index is 12.1. The van der Waals surface area contributed by atoms with E-state index in [2.05, 4.69) is 21.0 Å². The van der Waals surface area contributed by atoms with Crippen LogP contribution in [0.3, 0.4) is 0 Å².